The quantitative estimate of drug-likeness (QED) is 0.770. The highest BCUT2D eigenvalue weighted by Crippen LogP contribution is 2.25. The van der Waals surface area contributed by atoms with Gasteiger partial charge >= 0.3 is 5.97 Å². The van der Waals surface area contributed by atoms with Gasteiger partial charge in [0.05, 0.1) is 17.5 Å². The summed E-state index contributed by atoms with van der Waals surface area (Å²) < 4.78 is 0. The van der Waals surface area contributed by atoms with Crippen molar-refractivity contribution in [2.24, 2.45) is 11.1 Å². The zero-order valence-corrected chi connectivity index (χ0v) is 12.2. The van der Waals surface area contributed by atoms with Crippen molar-refractivity contribution < 1.29 is 9.63 Å². The van der Waals surface area contributed by atoms with E-state index in [1.54, 1.807) is 5.06 Å². The van der Waals surface area contributed by atoms with Gasteiger partial charge in [-0.05, 0) is 46.5 Å². The number of hydrogen-bond acceptors (Lipinski definition) is 5. The largest absolute Gasteiger partial charge is 0.367 e. The Morgan fingerprint density at radius 3 is 2.84 bits per heavy atom. The predicted molar refractivity (Wildman–Crippen MR) is 72.7 cm³/mol. The first-order valence-corrected chi connectivity index (χ1v) is 6.98. The van der Waals surface area contributed by atoms with Crippen LogP contribution in [0.1, 0.15) is 52.9 Å². The lowest BCUT2D eigenvalue weighted by Crippen LogP contribution is -2.46. The monoisotopic (exact) mass is 267 g/mol. The molecule has 108 valence electrons. The van der Waals surface area contributed by atoms with E-state index >= 15 is 0 Å². The maximum atomic E-state index is 11.9. The number of hydrogen-bond donors (Lipinski definition) is 1. The minimum Gasteiger partial charge on any atom is -0.367 e. The van der Waals surface area contributed by atoms with E-state index in [1.807, 2.05) is 20.8 Å². The molecule has 2 atom stereocenters. The number of rotatable bonds is 5. The van der Waals surface area contributed by atoms with E-state index in [9.17, 15) is 4.79 Å². The number of nitrogens with two attached hydrogens (primary N) is 1. The molecule has 1 aliphatic rings. The number of hydroxylamine groups is 2. The Morgan fingerprint density at radius 1 is 1.58 bits per heavy atom. The zero-order valence-electron chi connectivity index (χ0n) is 12.2. The highest BCUT2D eigenvalue weighted by atomic mass is 16.7. The molecule has 1 saturated heterocycles. The summed E-state index contributed by atoms with van der Waals surface area (Å²) in [6.07, 6.45) is 4.07. The Morgan fingerprint density at radius 2 is 2.26 bits per heavy atom. The summed E-state index contributed by atoms with van der Waals surface area (Å²) in [5, 5.41) is 10.3. The predicted octanol–water partition coefficient (Wildman–Crippen LogP) is 1.98. The lowest BCUT2D eigenvalue weighted by Gasteiger charge is -2.30. The molecule has 1 unspecified atom stereocenters. The Hall–Kier alpha value is -1.12. The molecule has 2 N–H and O–H groups in total. The van der Waals surface area contributed by atoms with Gasteiger partial charge in [0.2, 0.25) is 0 Å². The van der Waals surface area contributed by atoms with Gasteiger partial charge < -0.3 is 10.6 Å². The zero-order chi connectivity index (χ0) is 14.5. The summed E-state index contributed by atoms with van der Waals surface area (Å²) in [5.74, 6) is -0.219. The molecule has 0 aliphatic carbocycles. The molecule has 1 fully saturated rings. The SMILES string of the molecule is CC(C)(C)C(=O)ON1CCC[C@@H]1C(N)CCCC#N. The molecule has 0 radical (unpaired) electrons. The summed E-state index contributed by atoms with van der Waals surface area (Å²) >= 11 is 0. The van der Waals surface area contributed by atoms with Crippen molar-refractivity contribution in [3.63, 3.8) is 0 Å². The van der Waals surface area contributed by atoms with Crippen LogP contribution in [0.4, 0.5) is 0 Å². The second-order valence-electron chi connectivity index (χ2n) is 6.19. The highest BCUT2D eigenvalue weighted by molar-refractivity contribution is 5.75. The van der Waals surface area contributed by atoms with Crippen molar-refractivity contribution in [3.05, 3.63) is 0 Å². The van der Waals surface area contributed by atoms with Crippen LogP contribution in [0.2, 0.25) is 0 Å². The molecular weight excluding hydrogens is 242 g/mol. The average molecular weight is 267 g/mol. The maximum absolute atomic E-state index is 11.9. The fourth-order valence-corrected chi connectivity index (χ4v) is 2.16. The standard InChI is InChI=1S/C14H25N3O2/c1-14(2,3)13(18)19-17-10-6-8-12(17)11(16)7-4-5-9-15/h11-12H,4-8,10,16H2,1-3H3/t11?,12-/m1/s1. The van der Waals surface area contributed by atoms with Crippen molar-refractivity contribution in [3.8, 4) is 6.07 Å². The van der Waals surface area contributed by atoms with Gasteiger partial charge in [0, 0.05) is 19.0 Å². The molecule has 0 bridgehead atoms. The summed E-state index contributed by atoms with van der Waals surface area (Å²) in [5.41, 5.74) is 5.65. The van der Waals surface area contributed by atoms with Crippen molar-refractivity contribution in [1.29, 1.82) is 5.26 Å². The van der Waals surface area contributed by atoms with Crippen molar-refractivity contribution in [2.75, 3.05) is 6.54 Å². The average Bonchev–Trinajstić information content (AvgIpc) is 2.76. The van der Waals surface area contributed by atoms with Crippen LogP contribution in [0.5, 0.6) is 0 Å². The summed E-state index contributed by atoms with van der Waals surface area (Å²) in [7, 11) is 0. The van der Waals surface area contributed by atoms with Crippen molar-refractivity contribution >= 4 is 5.97 Å². The Bertz CT molecular complexity index is 344. The minimum absolute atomic E-state index is 0.0383. The smallest absolute Gasteiger partial charge is 0.330 e. The first-order chi connectivity index (χ1) is 8.86. The van der Waals surface area contributed by atoms with Gasteiger partial charge in [-0.25, -0.2) is 4.79 Å². The fraction of sp³-hybridized carbons (Fsp3) is 0.857. The topological polar surface area (TPSA) is 79.3 Å². The molecule has 0 aromatic heterocycles. The fourth-order valence-electron chi connectivity index (χ4n) is 2.16. The highest BCUT2D eigenvalue weighted by Gasteiger charge is 2.35. The summed E-state index contributed by atoms with van der Waals surface area (Å²) in [6, 6.07) is 2.17. The van der Waals surface area contributed by atoms with Gasteiger partial charge in [0.15, 0.2) is 0 Å². The molecule has 0 saturated carbocycles. The first-order valence-electron chi connectivity index (χ1n) is 6.98. The first kappa shape index (κ1) is 15.9. The van der Waals surface area contributed by atoms with E-state index in [1.165, 1.54) is 0 Å². The third kappa shape index (κ3) is 4.81. The van der Waals surface area contributed by atoms with E-state index in [-0.39, 0.29) is 18.1 Å². The van der Waals surface area contributed by atoms with Crippen molar-refractivity contribution in [1.82, 2.24) is 5.06 Å². The molecule has 1 heterocycles. The number of unbranched alkanes of at least 4 members (excludes halogenated alkanes) is 1. The second kappa shape index (κ2) is 6.88. The maximum Gasteiger partial charge on any atom is 0.330 e. The van der Waals surface area contributed by atoms with Crippen LogP contribution in [0.25, 0.3) is 0 Å². The third-order valence-electron chi connectivity index (χ3n) is 3.38. The van der Waals surface area contributed by atoms with Gasteiger partial charge in [-0.2, -0.15) is 5.26 Å². The molecule has 0 aromatic carbocycles. The molecule has 0 amide bonds. The minimum atomic E-state index is -0.502. The van der Waals surface area contributed by atoms with E-state index in [2.05, 4.69) is 6.07 Å². The molecule has 0 spiro atoms. The third-order valence-corrected chi connectivity index (χ3v) is 3.38. The number of nitrogens with zero attached hydrogens (tertiary/aromatic N) is 2. The van der Waals surface area contributed by atoms with Gasteiger partial charge in [-0.1, -0.05) is 0 Å². The second-order valence-corrected chi connectivity index (χ2v) is 6.19. The van der Waals surface area contributed by atoms with Gasteiger partial charge in [0.25, 0.3) is 0 Å². The van der Waals surface area contributed by atoms with Gasteiger partial charge in [0.1, 0.15) is 0 Å². The molecule has 1 aliphatic heterocycles. The molecule has 5 heteroatoms. The van der Waals surface area contributed by atoms with Crippen LogP contribution >= 0.6 is 0 Å². The van der Waals surface area contributed by atoms with E-state index < -0.39 is 5.41 Å². The Balaban J connectivity index is 2.50. The van der Waals surface area contributed by atoms with E-state index in [0.29, 0.717) is 6.42 Å². The van der Waals surface area contributed by atoms with Crippen LogP contribution in [0, 0.1) is 16.7 Å². The number of carbonyl (C=O) groups excluding carboxylic acids is 1. The molecule has 5 nitrogen and oxygen atoms in total. The summed E-state index contributed by atoms with van der Waals surface area (Å²) in [4.78, 5) is 17.4. The Labute approximate surface area is 115 Å². The van der Waals surface area contributed by atoms with Crippen LogP contribution in [0.15, 0.2) is 0 Å². The molecule has 0 aromatic rings. The molecule has 19 heavy (non-hydrogen) atoms. The van der Waals surface area contributed by atoms with Gasteiger partial charge in [-0.15, -0.1) is 5.06 Å². The number of nitriles is 1. The van der Waals surface area contributed by atoms with Crippen molar-refractivity contribution in [2.45, 2.75) is 65.0 Å². The van der Waals surface area contributed by atoms with E-state index in [4.69, 9.17) is 15.8 Å². The van der Waals surface area contributed by atoms with Crippen LogP contribution < -0.4 is 5.73 Å². The lowest BCUT2D eigenvalue weighted by atomic mass is 9.97. The normalized spacial score (nSPS) is 21.9. The van der Waals surface area contributed by atoms with Gasteiger partial charge in [-0.3, -0.25) is 0 Å². The van der Waals surface area contributed by atoms with Crippen LogP contribution in [-0.4, -0.2) is 29.7 Å². The summed E-state index contributed by atoms with van der Waals surface area (Å²) in [6.45, 7) is 6.27. The molecular formula is C14H25N3O2. The Kier molecular flexibility index (Phi) is 5.77. The lowest BCUT2D eigenvalue weighted by molar-refractivity contribution is -0.205. The van der Waals surface area contributed by atoms with Crippen LogP contribution in [-0.2, 0) is 9.63 Å². The van der Waals surface area contributed by atoms with E-state index in [0.717, 1.165) is 32.2 Å². The number of carbonyl (C=O) groups is 1. The van der Waals surface area contributed by atoms with Crippen LogP contribution in [0.3, 0.4) is 0 Å². The molecule has 1 rings (SSSR count).